The Hall–Kier alpha value is -1.98. The van der Waals surface area contributed by atoms with E-state index in [-0.39, 0.29) is 24.4 Å². The van der Waals surface area contributed by atoms with Crippen LogP contribution in [0.4, 0.5) is 5.69 Å². The lowest BCUT2D eigenvalue weighted by atomic mass is 10.2. The Morgan fingerprint density at radius 3 is 2.46 bits per heavy atom. The Morgan fingerprint density at radius 1 is 1.12 bits per heavy atom. The lowest BCUT2D eigenvalue weighted by Crippen LogP contribution is -3.00. The lowest BCUT2D eigenvalue weighted by Gasteiger charge is -2.26. The number of anilines is 1. The number of aromatic nitrogens is 2. The number of amides is 1. The minimum Gasteiger partial charge on any atom is -1.00 e. The molecule has 24 heavy (non-hydrogen) atoms. The van der Waals surface area contributed by atoms with Gasteiger partial charge >= 0.3 is 0 Å². The average molecular weight is 361 g/mol. The molecule has 0 atom stereocenters. The number of carbonyl (C=O) groups is 1. The number of hydrogen-bond donors (Lipinski definition) is 1. The van der Waals surface area contributed by atoms with Crippen LogP contribution >= 0.6 is 11.8 Å². The molecule has 0 saturated carbocycles. The molecule has 6 heteroatoms. The van der Waals surface area contributed by atoms with Crippen molar-refractivity contribution in [3.8, 4) is 0 Å². The number of hydrogen-bond acceptors (Lipinski definition) is 3. The molecule has 0 bridgehead atoms. The molecule has 0 radical (unpaired) electrons. The van der Waals surface area contributed by atoms with Gasteiger partial charge in [0.2, 0.25) is 5.91 Å². The SMILES string of the molecule is CC(C)N(C(=O)CSc1nc2ccccc2[nH]1)c1ccccc1.[Cl-]. The second kappa shape index (κ2) is 8.22. The number of rotatable bonds is 5. The van der Waals surface area contributed by atoms with Crippen molar-refractivity contribution in [1.29, 1.82) is 0 Å². The highest BCUT2D eigenvalue weighted by Crippen LogP contribution is 2.22. The summed E-state index contributed by atoms with van der Waals surface area (Å²) in [5.74, 6) is 0.434. The number of para-hydroxylation sites is 3. The second-order valence-electron chi connectivity index (χ2n) is 5.54. The fourth-order valence-corrected chi connectivity index (χ4v) is 3.26. The number of nitrogens with one attached hydrogen (secondary N) is 1. The number of thioether (sulfide) groups is 1. The third-order valence-corrected chi connectivity index (χ3v) is 4.38. The molecule has 1 amide bonds. The fraction of sp³-hybridized carbons (Fsp3) is 0.222. The normalized spacial score (nSPS) is 10.6. The van der Waals surface area contributed by atoms with Gasteiger partial charge in [0.25, 0.3) is 0 Å². The highest BCUT2D eigenvalue weighted by Gasteiger charge is 2.19. The summed E-state index contributed by atoms with van der Waals surface area (Å²) in [5.41, 5.74) is 2.84. The number of fused-ring (bicyclic) bond motifs is 1. The zero-order valence-electron chi connectivity index (χ0n) is 13.6. The molecule has 126 valence electrons. The maximum atomic E-state index is 12.6. The summed E-state index contributed by atoms with van der Waals surface area (Å²) in [7, 11) is 0. The largest absolute Gasteiger partial charge is 1.00 e. The van der Waals surface area contributed by atoms with Crippen molar-refractivity contribution >= 4 is 34.4 Å². The minimum absolute atomic E-state index is 0. The van der Waals surface area contributed by atoms with Gasteiger partial charge in [0.05, 0.1) is 16.8 Å². The summed E-state index contributed by atoms with van der Waals surface area (Å²) < 4.78 is 0. The van der Waals surface area contributed by atoms with Crippen LogP contribution in [0.1, 0.15) is 13.8 Å². The number of H-pyrrole nitrogens is 1. The minimum atomic E-state index is 0. The van der Waals surface area contributed by atoms with Crippen LogP contribution < -0.4 is 17.3 Å². The van der Waals surface area contributed by atoms with Gasteiger partial charge in [-0.15, -0.1) is 0 Å². The summed E-state index contributed by atoms with van der Waals surface area (Å²) in [6, 6.07) is 17.8. The molecule has 3 rings (SSSR count). The summed E-state index contributed by atoms with van der Waals surface area (Å²) in [6.45, 7) is 4.05. The van der Waals surface area contributed by atoms with Crippen molar-refractivity contribution in [2.75, 3.05) is 10.7 Å². The molecule has 1 N–H and O–H groups in total. The number of benzene rings is 2. The first kappa shape index (κ1) is 18.4. The smallest absolute Gasteiger partial charge is 0.237 e. The average Bonchev–Trinajstić information content (AvgIpc) is 2.96. The summed E-state index contributed by atoms with van der Waals surface area (Å²) in [4.78, 5) is 22.2. The summed E-state index contributed by atoms with van der Waals surface area (Å²) in [5, 5.41) is 0.774. The van der Waals surface area contributed by atoms with E-state index < -0.39 is 0 Å². The van der Waals surface area contributed by atoms with Gasteiger partial charge in [0.15, 0.2) is 5.16 Å². The molecule has 2 aromatic carbocycles. The number of aromatic amines is 1. The molecule has 0 spiro atoms. The molecule has 0 saturated heterocycles. The van der Waals surface area contributed by atoms with E-state index in [0.29, 0.717) is 5.75 Å². The monoisotopic (exact) mass is 360 g/mol. The first-order valence-electron chi connectivity index (χ1n) is 7.60. The zero-order valence-corrected chi connectivity index (χ0v) is 15.1. The van der Waals surface area contributed by atoms with Gasteiger partial charge < -0.3 is 22.3 Å². The number of halogens is 1. The van der Waals surface area contributed by atoms with Gasteiger partial charge in [0.1, 0.15) is 0 Å². The maximum absolute atomic E-state index is 12.6. The van der Waals surface area contributed by atoms with Crippen LogP contribution in [0.3, 0.4) is 0 Å². The molecule has 0 aliphatic rings. The Bertz CT molecular complexity index is 771. The number of nitrogens with zero attached hydrogens (tertiary/aromatic N) is 2. The Labute approximate surface area is 152 Å². The van der Waals surface area contributed by atoms with Crippen LogP contribution in [0.25, 0.3) is 11.0 Å². The second-order valence-corrected chi connectivity index (χ2v) is 6.50. The van der Waals surface area contributed by atoms with Crippen LogP contribution in [-0.2, 0) is 4.79 Å². The van der Waals surface area contributed by atoms with Crippen LogP contribution in [0.5, 0.6) is 0 Å². The topological polar surface area (TPSA) is 49.0 Å². The van der Waals surface area contributed by atoms with Crippen molar-refractivity contribution in [3.05, 3.63) is 54.6 Å². The highest BCUT2D eigenvalue weighted by molar-refractivity contribution is 7.99. The lowest BCUT2D eigenvalue weighted by molar-refractivity contribution is -0.116. The Balaban J connectivity index is 0.00000208. The third-order valence-electron chi connectivity index (χ3n) is 3.52. The standard InChI is InChI=1S/C18H19N3OS.ClH/c1-13(2)21(14-8-4-3-5-9-14)17(22)12-23-18-19-15-10-6-7-11-16(15)20-18;/h3-11,13H,12H2,1-2H3,(H,19,20);1H/p-1. The third kappa shape index (κ3) is 4.10. The predicted octanol–water partition coefficient (Wildman–Crippen LogP) is 1.10. The van der Waals surface area contributed by atoms with Gasteiger partial charge in [0, 0.05) is 11.7 Å². The van der Waals surface area contributed by atoms with Crippen molar-refractivity contribution in [1.82, 2.24) is 9.97 Å². The zero-order chi connectivity index (χ0) is 16.2. The Morgan fingerprint density at radius 2 is 1.79 bits per heavy atom. The van der Waals surface area contributed by atoms with Crippen molar-refractivity contribution in [2.24, 2.45) is 0 Å². The van der Waals surface area contributed by atoms with E-state index in [9.17, 15) is 4.79 Å². The Kier molecular flexibility index (Phi) is 6.29. The van der Waals surface area contributed by atoms with Crippen molar-refractivity contribution in [2.45, 2.75) is 25.0 Å². The van der Waals surface area contributed by atoms with Crippen molar-refractivity contribution < 1.29 is 17.2 Å². The highest BCUT2D eigenvalue weighted by atomic mass is 35.5. The van der Waals surface area contributed by atoms with Crippen LogP contribution in [0.2, 0.25) is 0 Å². The van der Waals surface area contributed by atoms with Gasteiger partial charge in [-0.25, -0.2) is 4.98 Å². The first-order chi connectivity index (χ1) is 11.1. The van der Waals surface area contributed by atoms with E-state index in [1.165, 1.54) is 11.8 Å². The van der Waals surface area contributed by atoms with Crippen LogP contribution in [-0.4, -0.2) is 27.7 Å². The van der Waals surface area contributed by atoms with Gasteiger partial charge in [-0.05, 0) is 38.1 Å². The number of imidazole rings is 1. The van der Waals surface area contributed by atoms with E-state index in [4.69, 9.17) is 0 Å². The number of carbonyl (C=O) groups excluding carboxylic acids is 1. The first-order valence-corrected chi connectivity index (χ1v) is 8.58. The van der Waals surface area contributed by atoms with E-state index in [1.54, 1.807) is 0 Å². The molecule has 0 fully saturated rings. The predicted molar refractivity (Wildman–Crippen MR) is 95.9 cm³/mol. The molecular formula is C18H19ClN3OS-. The van der Waals surface area contributed by atoms with E-state index in [2.05, 4.69) is 9.97 Å². The molecule has 4 nitrogen and oxygen atoms in total. The molecule has 3 aromatic rings. The van der Waals surface area contributed by atoms with Crippen LogP contribution in [0.15, 0.2) is 59.8 Å². The molecular weight excluding hydrogens is 342 g/mol. The molecule has 1 aromatic heterocycles. The van der Waals surface area contributed by atoms with E-state index >= 15 is 0 Å². The van der Waals surface area contributed by atoms with E-state index in [0.717, 1.165) is 21.9 Å². The van der Waals surface area contributed by atoms with E-state index in [1.807, 2.05) is 73.3 Å². The summed E-state index contributed by atoms with van der Waals surface area (Å²) >= 11 is 1.44. The van der Waals surface area contributed by atoms with Crippen molar-refractivity contribution in [3.63, 3.8) is 0 Å². The molecule has 0 aliphatic carbocycles. The van der Waals surface area contributed by atoms with Gasteiger partial charge in [-0.3, -0.25) is 4.79 Å². The summed E-state index contributed by atoms with van der Waals surface area (Å²) in [6.07, 6.45) is 0. The fourth-order valence-electron chi connectivity index (χ4n) is 2.52. The maximum Gasteiger partial charge on any atom is 0.237 e. The molecule has 1 heterocycles. The molecule has 0 aliphatic heterocycles. The van der Waals surface area contributed by atoms with Gasteiger partial charge in [-0.1, -0.05) is 42.1 Å². The van der Waals surface area contributed by atoms with Crippen LogP contribution in [0, 0.1) is 0 Å². The molecule has 0 unspecified atom stereocenters. The quantitative estimate of drug-likeness (QED) is 0.693. The van der Waals surface area contributed by atoms with Gasteiger partial charge in [-0.2, -0.15) is 0 Å².